The van der Waals surface area contributed by atoms with Gasteiger partial charge < -0.3 is 5.32 Å². The number of thiophene rings is 1. The van der Waals surface area contributed by atoms with Crippen LogP contribution in [0.4, 0.5) is 0 Å². The van der Waals surface area contributed by atoms with E-state index in [4.69, 9.17) is 0 Å². The number of rotatable bonds is 6. The Morgan fingerprint density at radius 1 is 1.36 bits per heavy atom. The van der Waals surface area contributed by atoms with E-state index in [1.54, 1.807) is 0 Å². The van der Waals surface area contributed by atoms with E-state index in [0.717, 1.165) is 19.0 Å². The molecule has 2 unspecified atom stereocenters. The highest BCUT2D eigenvalue weighted by Gasteiger charge is 2.06. The maximum atomic E-state index is 3.53. The molecule has 0 aliphatic heterocycles. The minimum absolute atomic E-state index is 0.652. The van der Waals surface area contributed by atoms with Crippen LogP contribution in [0.15, 0.2) is 17.5 Å². The lowest BCUT2D eigenvalue weighted by molar-refractivity contribution is 0.488. The predicted molar refractivity (Wildman–Crippen MR) is 65.1 cm³/mol. The molecule has 1 aromatic heterocycles. The molecule has 0 aliphatic carbocycles. The maximum Gasteiger partial charge on any atom is 0.00860 e. The highest BCUT2D eigenvalue weighted by atomic mass is 32.1. The zero-order valence-electron chi connectivity index (χ0n) is 9.42. The molecule has 0 bridgehead atoms. The molecule has 2 heteroatoms. The molecule has 1 nitrogen and oxygen atoms in total. The Labute approximate surface area is 91.5 Å². The second-order valence-electron chi connectivity index (χ2n) is 4.09. The lowest BCUT2D eigenvalue weighted by atomic mass is 10.1. The Kier molecular flexibility index (Phi) is 5.20. The van der Waals surface area contributed by atoms with E-state index >= 15 is 0 Å². The monoisotopic (exact) mass is 211 g/mol. The summed E-state index contributed by atoms with van der Waals surface area (Å²) in [4.78, 5) is 1.49. The first kappa shape index (κ1) is 11.7. The third-order valence-corrected chi connectivity index (χ3v) is 3.77. The molecule has 0 fully saturated rings. The van der Waals surface area contributed by atoms with E-state index in [2.05, 4.69) is 43.6 Å². The average molecular weight is 211 g/mol. The summed E-state index contributed by atoms with van der Waals surface area (Å²) in [6.45, 7) is 9.07. The van der Waals surface area contributed by atoms with Gasteiger partial charge in [0.25, 0.3) is 0 Å². The molecule has 0 aliphatic rings. The molecule has 1 heterocycles. The first-order valence-electron chi connectivity index (χ1n) is 5.48. The third kappa shape index (κ3) is 3.81. The standard InChI is InChI=1S/C12H21NS/c1-4-10(2)8-13-9-11(3)12-6-5-7-14-12/h5-7,10-11,13H,4,8-9H2,1-3H3. The molecule has 2 atom stereocenters. The molecule has 1 rings (SSSR count). The highest BCUT2D eigenvalue weighted by molar-refractivity contribution is 7.10. The minimum Gasteiger partial charge on any atom is -0.316 e. The van der Waals surface area contributed by atoms with Crippen molar-refractivity contribution >= 4 is 11.3 Å². The summed E-state index contributed by atoms with van der Waals surface area (Å²) in [7, 11) is 0. The molecule has 0 spiro atoms. The van der Waals surface area contributed by atoms with Crippen LogP contribution >= 0.6 is 11.3 Å². The van der Waals surface area contributed by atoms with Crippen molar-refractivity contribution in [3.8, 4) is 0 Å². The van der Waals surface area contributed by atoms with Gasteiger partial charge in [0.2, 0.25) is 0 Å². The Morgan fingerprint density at radius 2 is 2.14 bits per heavy atom. The Bertz CT molecular complexity index is 230. The molecule has 1 N–H and O–H groups in total. The van der Waals surface area contributed by atoms with Crippen molar-refractivity contribution in [1.82, 2.24) is 5.32 Å². The number of hydrogen-bond acceptors (Lipinski definition) is 2. The van der Waals surface area contributed by atoms with Crippen molar-refractivity contribution in [3.05, 3.63) is 22.4 Å². The Hall–Kier alpha value is -0.340. The van der Waals surface area contributed by atoms with Gasteiger partial charge in [-0.05, 0) is 23.9 Å². The molecule has 0 saturated carbocycles. The van der Waals surface area contributed by atoms with Gasteiger partial charge in [-0.25, -0.2) is 0 Å². The molecular formula is C12H21NS. The van der Waals surface area contributed by atoms with E-state index < -0.39 is 0 Å². The summed E-state index contributed by atoms with van der Waals surface area (Å²) in [5.41, 5.74) is 0. The molecule has 1 aromatic rings. The molecule has 14 heavy (non-hydrogen) atoms. The van der Waals surface area contributed by atoms with Crippen molar-refractivity contribution in [3.63, 3.8) is 0 Å². The molecule has 0 amide bonds. The molecule has 80 valence electrons. The largest absolute Gasteiger partial charge is 0.316 e. The molecule has 0 saturated heterocycles. The van der Waals surface area contributed by atoms with Gasteiger partial charge in [0.15, 0.2) is 0 Å². The van der Waals surface area contributed by atoms with Gasteiger partial charge in [-0.15, -0.1) is 11.3 Å². The molecule has 0 aromatic carbocycles. The van der Waals surface area contributed by atoms with Gasteiger partial charge in [-0.3, -0.25) is 0 Å². The van der Waals surface area contributed by atoms with Gasteiger partial charge in [-0.1, -0.05) is 33.3 Å². The van der Waals surface area contributed by atoms with Crippen LogP contribution in [-0.4, -0.2) is 13.1 Å². The van der Waals surface area contributed by atoms with E-state index in [-0.39, 0.29) is 0 Å². The van der Waals surface area contributed by atoms with Crippen LogP contribution in [-0.2, 0) is 0 Å². The molecular weight excluding hydrogens is 190 g/mol. The third-order valence-electron chi connectivity index (χ3n) is 2.67. The summed E-state index contributed by atoms with van der Waals surface area (Å²) < 4.78 is 0. The van der Waals surface area contributed by atoms with E-state index in [1.165, 1.54) is 11.3 Å². The van der Waals surface area contributed by atoms with E-state index in [1.807, 2.05) is 11.3 Å². The second-order valence-corrected chi connectivity index (χ2v) is 5.07. The van der Waals surface area contributed by atoms with Crippen LogP contribution in [0, 0.1) is 5.92 Å². The quantitative estimate of drug-likeness (QED) is 0.759. The summed E-state index contributed by atoms with van der Waals surface area (Å²) in [6.07, 6.45) is 1.26. The highest BCUT2D eigenvalue weighted by Crippen LogP contribution is 2.19. The van der Waals surface area contributed by atoms with Crippen LogP contribution < -0.4 is 5.32 Å². The maximum absolute atomic E-state index is 3.53. The zero-order valence-corrected chi connectivity index (χ0v) is 10.2. The lowest BCUT2D eigenvalue weighted by Gasteiger charge is -2.13. The van der Waals surface area contributed by atoms with E-state index in [0.29, 0.717) is 5.92 Å². The topological polar surface area (TPSA) is 12.0 Å². The summed E-state index contributed by atoms with van der Waals surface area (Å²) in [5, 5.41) is 5.68. The Morgan fingerprint density at radius 3 is 2.71 bits per heavy atom. The first-order valence-corrected chi connectivity index (χ1v) is 6.36. The van der Waals surface area contributed by atoms with Gasteiger partial charge in [-0.2, -0.15) is 0 Å². The van der Waals surface area contributed by atoms with Crippen LogP contribution in [0.25, 0.3) is 0 Å². The number of nitrogens with one attached hydrogen (secondary N) is 1. The van der Waals surface area contributed by atoms with Crippen molar-refractivity contribution in [2.24, 2.45) is 5.92 Å². The van der Waals surface area contributed by atoms with E-state index in [9.17, 15) is 0 Å². The van der Waals surface area contributed by atoms with Crippen LogP contribution in [0.5, 0.6) is 0 Å². The van der Waals surface area contributed by atoms with Crippen LogP contribution in [0.2, 0.25) is 0 Å². The fourth-order valence-corrected chi connectivity index (χ4v) is 2.15. The lowest BCUT2D eigenvalue weighted by Crippen LogP contribution is -2.24. The predicted octanol–water partition coefficient (Wildman–Crippen LogP) is 3.49. The summed E-state index contributed by atoms with van der Waals surface area (Å²) in [6, 6.07) is 4.35. The van der Waals surface area contributed by atoms with Gasteiger partial charge >= 0.3 is 0 Å². The fraction of sp³-hybridized carbons (Fsp3) is 0.667. The Balaban J connectivity index is 2.19. The fourth-order valence-electron chi connectivity index (χ4n) is 1.36. The minimum atomic E-state index is 0.652. The first-order chi connectivity index (χ1) is 6.74. The number of hydrogen-bond donors (Lipinski definition) is 1. The summed E-state index contributed by atoms with van der Waals surface area (Å²) >= 11 is 1.86. The SMILES string of the molecule is CCC(C)CNCC(C)c1cccs1. The summed E-state index contributed by atoms with van der Waals surface area (Å²) in [5.74, 6) is 1.45. The average Bonchev–Trinajstić information content (AvgIpc) is 2.70. The van der Waals surface area contributed by atoms with Crippen LogP contribution in [0.1, 0.15) is 38.0 Å². The van der Waals surface area contributed by atoms with Crippen molar-refractivity contribution < 1.29 is 0 Å². The van der Waals surface area contributed by atoms with Gasteiger partial charge in [0.1, 0.15) is 0 Å². The van der Waals surface area contributed by atoms with Gasteiger partial charge in [0.05, 0.1) is 0 Å². The zero-order chi connectivity index (χ0) is 10.4. The smallest absolute Gasteiger partial charge is 0.00860 e. The van der Waals surface area contributed by atoms with Crippen molar-refractivity contribution in [2.45, 2.75) is 33.1 Å². The van der Waals surface area contributed by atoms with Crippen LogP contribution in [0.3, 0.4) is 0 Å². The van der Waals surface area contributed by atoms with Gasteiger partial charge in [0, 0.05) is 17.3 Å². The normalized spacial score (nSPS) is 15.4. The second kappa shape index (κ2) is 6.20. The van der Waals surface area contributed by atoms with Crippen molar-refractivity contribution in [1.29, 1.82) is 0 Å². The molecule has 0 radical (unpaired) electrons. The van der Waals surface area contributed by atoms with Crippen molar-refractivity contribution in [2.75, 3.05) is 13.1 Å².